The van der Waals surface area contributed by atoms with Gasteiger partial charge in [0.2, 0.25) is 0 Å². The maximum Gasteiger partial charge on any atom is 0.302 e. The smallest absolute Gasteiger partial charge is 0.302 e. The number of likely N-dealkylation sites (N-methyl/N-ethyl adjacent to an activating group) is 1. The molecule has 36 heavy (non-hydrogen) atoms. The third-order valence-electron chi connectivity index (χ3n) is 12.4. The largest absolute Gasteiger partial charge is 0.460 e. The second-order valence-electron chi connectivity index (χ2n) is 14.0. The zero-order valence-electron chi connectivity index (χ0n) is 23.4. The first-order valence-electron chi connectivity index (χ1n) is 15.2. The molecule has 4 aliphatic carbocycles. The highest BCUT2D eigenvalue weighted by Crippen LogP contribution is 2.67. The minimum absolute atomic E-state index is 0.0394. The minimum atomic E-state index is -0.0971. The molecule has 0 amide bonds. The fourth-order valence-corrected chi connectivity index (χ4v) is 10.4. The highest BCUT2D eigenvalue weighted by atomic mass is 16.5. The molecule has 0 radical (unpaired) electrons. The number of esters is 1. The van der Waals surface area contributed by atoms with Crippen molar-refractivity contribution in [3.8, 4) is 0 Å². The van der Waals surface area contributed by atoms with Crippen LogP contribution in [-0.2, 0) is 14.3 Å². The maximum absolute atomic E-state index is 12.3. The lowest BCUT2D eigenvalue weighted by Crippen LogP contribution is -2.57. The Morgan fingerprint density at radius 1 is 0.833 bits per heavy atom. The molecule has 0 aromatic rings. The molecule has 0 N–H and O–H groups in total. The number of rotatable bonds is 3. The Hall–Kier alpha value is -0.690. The molecule has 6 aliphatic rings. The second kappa shape index (κ2) is 9.81. The normalized spacial score (nSPS) is 48.6. The van der Waals surface area contributed by atoms with E-state index in [9.17, 15) is 4.79 Å². The van der Waals surface area contributed by atoms with E-state index in [0.29, 0.717) is 17.4 Å². The fourth-order valence-electron chi connectivity index (χ4n) is 10.4. The quantitative estimate of drug-likeness (QED) is 0.547. The first-order valence-corrected chi connectivity index (χ1v) is 15.2. The van der Waals surface area contributed by atoms with E-state index in [4.69, 9.17) is 9.47 Å². The molecule has 0 aromatic carbocycles. The number of fused-ring (bicyclic) bond motifs is 5. The molecule has 0 spiro atoms. The van der Waals surface area contributed by atoms with Gasteiger partial charge in [-0.05, 0) is 87.5 Å². The number of piperazine rings is 1. The summed E-state index contributed by atoms with van der Waals surface area (Å²) in [6.45, 7) is 15.4. The molecule has 2 heterocycles. The molecule has 0 bridgehead atoms. The van der Waals surface area contributed by atoms with Crippen LogP contribution in [0.2, 0.25) is 0 Å². The van der Waals surface area contributed by atoms with Crippen molar-refractivity contribution in [2.24, 2.45) is 34.5 Å². The number of hydrogen-bond acceptors (Lipinski definition) is 6. The SMILES string of the molecule is CC(=O)O[C@H]1[C@@H](N2CCOCC2)C[C@H]2[C@@H]3CC[C@H]4C[C@@H](N5CCN(C)CC5)CC[C@]4(C)[C@H]3CC[C@@]21C. The Balaban J connectivity index is 1.20. The summed E-state index contributed by atoms with van der Waals surface area (Å²) in [4.78, 5) is 20.2. The predicted octanol–water partition coefficient (Wildman–Crippen LogP) is 3.89. The number of nitrogens with zero attached hydrogens (tertiary/aromatic N) is 3. The number of carbonyl (C=O) groups excluding carboxylic acids is 1. The molecule has 9 atom stereocenters. The number of carbonyl (C=O) groups is 1. The predicted molar refractivity (Wildman–Crippen MR) is 142 cm³/mol. The Bertz CT molecular complexity index is 809. The zero-order valence-corrected chi connectivity index (χ0v) is 23.4. The van der Waals surface area contributed by atoms with Gasteiger partial charge in [-0.1, -0.05) is 13.8 Å². The van der Waals surface area contributed by atoms with Crippen LogP contribution < -0.4 is 0 Å². The van der Waals surface area contributed by atoms with Crippen LogP contribution in [0.25, 0.3) is 0 Å². The highest BCUT2D eigenvalue weighted by molar-refractivity contribution is 5.66. The number of morpholine rings is 1. The van der Waals surface area contributed by atoms with Gasteiger partial charge in [0.05, 0.1) is 13.2 Å². The first-order chi connectivity index (χ1) is 17.3. The summed E-state index contributed by atoms with van der Waals surface area (Å²) in [5.74, 6) is 3.13. The van der Waals surface area contributed by atoms with Crippen LogP contribution in [0.3, 0.4) is 0 Å². The Labute approximate surface area is 219 Å². The van der Waals surface area contributed by atoms with Crippen molar-refractivity contribution in [3.63, 3.8) is 0 Å². The van der Waals surface area contributed by atoms with Gasteiger partial charge in [-0.2, -0.15) is 0 Å². The van der Waals surface area contributed by atoms with Crippen molar-refractivity contribution in [1.29, 1.82) is 0 Å². The Morgan fingerprint density at radius 2 is 1.56 bits per heavy atom. The summed E-state index contributed by atoms with van der Waals surface area (Å²) in [5.41, 5.74) is 0.622. The molecule has 6 heteroatoms. The lowest BCUT2D eigenvalue weighted by atomic mass is 9.45. The van der Waals surface area contributed by atoms with E-state index in [1.165, 1.54) is 77.5 Å². The van der Waals surface area contributed by atoms with Crippen LogP contribution in [0.15, 0.2) is 0 Å². The van der Waals surface area contributed by atoms with E-state index >= 15 is 0 Å². The third-order valence-corrected chi connectivity index (χ3v) is 12.4. The Morgan fingerprint density at radius 3 is 2.28 bits per heavy atom. The molecule has 0 unspecified atom stereocenters. The van der Waals surface area contributed by atoms with Gasteiger partial charge in [-0.25, -0.2) is 0 Å². The second-order valence-corrected chi connectivity index (χ2v) is 14.0. The number of hydrogen-bond donors (Lipinski definition) is 0. The van der Waals surface area contributed by atoms with Crippen LogP contribution in [0.4, 0.5) is 0 Å². The summed E-state index contributed by atoms with van der Waals surface area (Å²) in [6, 6.07) is 1.18. The highest BCUT2D eigenvalue weighted by Gasteiger charge is 2.64. The van der Waals surface area contributed by atoms with E-state index in [0.717, 1.165) is 50.1 Å². The van der Waals surface area contributed by atoms with Gasteiger partial charge >= 0.3 is 5.97 Å². The molecule has 204 valence electrons. The van der Waals surface area contributed by atoms with Gasteiger partial charge in [-0.3, -0.25) is 14.6 Å². The van der Waals surface area contributed by atoms with Crippen molar-refractivity contribution in [1.82, 2.24) is 14.7 Å². The average molecular weight is 502 g/mol. The van der Waals surface area contributed by atoms with Gasteiger partial charge in [0.15, 0.2) is 0 Å². The summed E-state index contributed by atoms with van der Waals surface area (Å²) in [7, 11) is 2.27. The molecule has 4 saturated carbocycles. The summed E-state index contributed by atoms with van der Waals surface area (Å²) < 4.78 is 11.9. The van der Waals surface area contributed by atoms with Crippen LogP contribution in [0, 0.1) is 34.5 Å². The monoisotopic (exact) mass is 501 g/mol. The molecule has 6 rings (SSSR count). The van der Waals surface area contributed by atoms with Gasteiger partial charge in [0.25, 0.3) is 0 Å². The van der Waals surface area contributed by atoms with Crippen molar-refractivity contribution in [2.45, 2.75) is 90.3 Å². The van der Waals surface area contributed by atoms with E-state index in [1.54, 1.807) is 6.92 Å². The van der Waals surface area contributed by atoms with Gasteiger partial charge in [0, 0.05) is 63.7 Å². The van der Waals surface area contributed by atoms with Crippen LogP contribution in [0.1, 0.15) is 72.1 Å². The standard InChI is InChI=1S/C30H51N3O3/c1-21(34)36-28-27(33-15-17-35-18-16-33)20-26-24-6-5-22-19-23(32-13-11-31(4)12-14-32)7-9-29(22,2)25(24)8-10-30(26,28)3/h22-28H,5-20H2,1-4H3/t22-,23-,24+,25-,26-,27-,28-,29-,30-/m0/s1. The van der Waals surface area contributed by atoms with Crippen molar-refractivity contribution >= 4 is 5.97 Å². The van der Waals surface area contributed by atoms with E-state index in [-0.39, 0.29) is 17.5 Å². The van der Waals surface area contributed by atoms with Crippen LogP contribution in [-0.4, -0.2) is 98.4 Å². The molecule has 6 nitrogen and oxygen atoms in total. The molecule has 6 fully saturated rings. The van der Waals surface area contributed by atoms with Gasteiger partial charge in [-0.15, -0.1) is 0 Å². The van der Waals surface area contributed by atoms with Gasteiger partial charge < -0.3 is 14.4 Å². The van der Waals surface area contributed by atoms with Crippen molar-refractivity contribution in [2.75, 3.05) is 59.5 Å². The average Bonchev–Trinajstić information content (AvgIpc) is 3.16. The lowest BCUT2D eigenvalue weighted by Gasteiger charge is -2.61. The van der Waals surface area contributed by atoms with E-state index in [2.05, 4.69) is 35.6 Å². The fraction of sp³-hybridized carbons (Fsp3) is 0.967. The molecule has 2 saturated heterocycles. The summed E-state index contributed by atoms with van der Waals surface area (Å²) >= 11 is 0. The molecular formula is C30H51N3O3. The third kappa shape index (κ3) is 4.26. The summed E-state index contributed by atoms with van der Waals surface area (Å²) in [6.07, 6.45) is 10.8. The molecular weight excluding hydrogens is 450 g/mol. The summed E-state index contributed by atoms with van der Waals surface area (Å²) in [5, 5.41) is 0. The van der Waals surface area contributed by atoms with Crippen LogP contribution in [0.5, 0.6) is 0 Å². The first kappa shape index (κ1) is 25.6. The minimum Gasteiger partial charge on any atom is -0.460 e. The van der Waals surface area contributed by atoms with Gasteiger partial charge in [0.1, 0.15) is 6.10 Å². The zero-order chi connectivity index (χ0) is 25.1. The molecule has 0 aromatic heterocycles. The Kier molecular flexibility index (Phi) is 6.97. The van der Waals surface area contributed by atoms with E-state index in [1.807, 2.05) is 0 Å². The topological polar surface area (TPSA) is 45.2 Å². The number of ether oxygens (including phenoxy) is 2. The maximum atomic E-state index is 12.3. The van der Waals surface area contributed by atoms with Crippen molar-refractivity contribution < 1.29 is 14.3 Å². The van der Waals surface area contributed by atoms with Crippen LogP contribution >= 0.6 is 0 Å². The molecule has 2 aliphatic heterocycles. The van der Waals surface area contributed by atoms with E-state index < -0.39 is 0 Å². The van der Waals surface area contributed by atoms with Crippen molar-refractivity contribution in [3.05, 3.63) is 0 Å². The lowest BCUT2D eigenvalue weighted by molar-refractivity contribution is -0.167.